The van der Waals surface area contributed by atoms with E-state index < -0.39 is 11.8 Å². The minimum Gasteiger partial charge on any atom is -0.366 e. The van der Waals surface area contributed by atoms with Crippen molar-refractivity contribution in [2.24, 2.45) is 5.73 Å². The van der Waals surface area contributed by atoms with E-state index in [1.807, 2.05) is 36.5 Å². The highest BCUT2D eigenvalue weighted by Crippen LogP contribution is 2.25. The molecular weight excluding hydrogens is 300 g/mol. The molecule has 1 aliphatic rings. The molecule has 1 atom stereocenters. The van der Waals surface area contributed by atoms with Crippen molar-refractivity contribution in [1.29, 1.82) is 0 Å². The van der Waals surface area contributed by atoms with Crippen LogP contribution in [0.5, 0.6) is 0 Å². The summed E-state index contributed by atoms with van der Waals surface area (Å²) in [6, 6.07) is 13.3. The van der Waals surface area contributed by atoms with Gasteiger partial charge in [-0.3, -0.25) is 4.79 Å². The molecule has 1 amide bonds. The molecule has 0 unspecified atom stereocenters. The summed E-state index contributed by atoms with van der Waals surface area (Å²) in [5, 5.41) is 8.70. The number of hydrogen-bond acceptors (Lipinski definition) is 3. The monoisotopic (exact) mass is 321 g/mol. The fraction of sp³-hybridized carbons (Fsp3) is 0.263. The molecule has 1 aliphatic heterocycles. The predicted octanol–water partition coefficient (Wildman–Crippen LogP) is 2.59. The first-order valence-electron chi connectivity index (χ1n) is 8.67. The zero-order valence-corrected chi connectivity index (χ0v) is 13.3. The zero-order chi connectivity index (χ0) is 17.4. The standard InChI is InChI=1S/C19H20N4O/c20-19(24)17-5-1-3-15-12-23(22-18(15)17)16-8-6-13(7-9-16)14-4-2-10-21-11-14/h1,3,5-9,12,14,21H,2,4,10-11H2,(H2,20,24)/t14-/m0/s1/i14D. The van der Waals surface area contributed by atoms with Gasteiger partial charge in [0.05, 0.1) is 11.3 Å². The maximum atomic E-state index is 11.6. The van der Waals surface area contributed by atoms with Crippen LogP contribution in [0.2, 0.25) is 0 Å². The second-order valence-corrected chi connectivity index (χ2v) is 6.11. The second kappa shape index (κ2) is 6.09. The minimum atomic E-state index is -0.565. The third kappa shape index (κ3) is 2.67. The Morgan fingerprint density at radius 2 is 2.12 bits per heavy atom. The van der Waals surface area contributed by atoms with E-state index >= 15 is 0 Å². The molecule has 1 aromatic heterocycles. The van der Waals surface area contributed by atoms with Crippen molar-refractivity contribution in [2.45, 2.75) is 18.7 Å². The van der Waals surface area contributed by atoms with E-state index in [4.69, 9.17) is 7.10 Å². The van der Waals surface area contributed by atoms with Crippen molar-refractivity contribution in [3.8, 4) is 5.69 Å². The van der Waals surface area contributed by atoms with Crippen molar-refractivity contribution in [1.82, 2.24) is 15.1 Å². The van der Waals surface area contributed by atoms with E-state index in [0.29, 0.717) is 17.6 Å². The molecule has 2 heterocycles. The SMILES string of the molecule is [2H][C@]1(c2ccc(-n3cc4cccc(C(N)=O)c4n3)cc2)CCCNC1. The smallest absolute Gasteiger partial charge is 0.250 e. The highest BCUT2D eigenvalue weighted by atomic mass is 16.1. The van der Waals surface area contributed by atoms with E-state index in [9.17, 15) is 4.79 Å². The number of rotatable bonds is 3. The van der Waals surface area contributed by atoms with E-state index in [-0.39, 0.29) is 0 Å². The summed E-state index contributed by atoms with van der Waals surface area (Å²) < 4.78 is 10.4. The van der Waals surface area contributed by atoms with Crippen LogP contribution >= 0.6 is 0 Å². The minimum absolute atomic E-state index is 0.422. The van der Waals surface area contributed by atoms with Crippen LogP contribution < -0.4 is 11.1 Å². The molecule has 0 saturated carbocycles. The van der Waals surface area contributed by atoms with Gasteiger partial charge in [-0.25, -0.2) is 4.68 Å². The van der Waals surface area contributed by atoms with Gasteiger partial charge in [0.25, 0.3) is 5.91 Å². The first kappa shape index (κ1) is 13.7. The Balaban J connectivity index is 1.69. The van der Waals surface area contributed by atoms with E-state index in [0.717, 1.165) is 36.0 Å². The maximum absolute atomic E-state index is 11.6. The highest BCUT2D eigenvalue weighted by molar-refractivity contribution is 6.04. The zero-order valence-electron chi connectivity index (χ0n) is 14.3. The summed E-state index contributed by atoms with van der Waals surface area (Å²) >= 11 is 0. The third-order valence-corrected chi connectivity index (χ3v) is 4.51. The number of hydrogen-bond donors (Lipinski definition) is 2. The molecule has 3 N–H and O–H groups in total. The number of aromatic nitrogens is 2. The summed E-state index contributed by atoms with van der Waals surface area (Å²) in [5.74, 6) is -1.04. The molecule has 0 bridgehead atoms. The van der Waals surface area contributed by atoms with Crippen molar-refractivity contribution >= 4 is 16.8 Å². The maximum Gasteiger partial charge on any atom is 0.250 e. The van der Waals surface area contributed by atoms with Crippen LogP contribution in [0.15, 0.2) is 48.7 Å². The summed E-state index contributed by atoms with van der Waals surface area (Å²) in [7, 11) is 0. The number of carbonyl (C=O) groups excluding carboxylic acids is 1. The average Bonchev–Trinajstić information content (AvgIpc) is 3.06. The molecule has 1 saturated heterocycles. The van der Waals surface area contributed by atoms with Crippen molar-refractivity contribution < 1.29 is 6.17 Å². The highest BCUT2D eigenvalue weighted by Gasteiger charge is 2.15. The summed E-state index contributed by atoms with van der Waals surface area (Å²) in [4.78, 5) is 11.6. The van der Waals surface area contributed by atoms with Crippen LogP contribution in [0.4, 0.5) is 0 Å². The molecule has 2 aromatic carbocycles. The molecule has 122 valence electrons. The van der Waals surface area contributed by atoms with Gasteiger partial charge in [-0.1, -0.05) is 24.3 Å². The van der Waals surface area contributed by atoms with Crippen molar-refractivity contribution in [2.75, 3.05) is 13.1 Å². The Bertz CT molecular complexity index is 926. The number of carbonyl (C=O) groups is 1. The summed E-state index contributed by atoms with van der Waals surface area (Å²) in [6.07, 6.45) is 3.77. The summed E-state index contributed by atoms with van der Waals surface area (Å²) in [5.41, 5.74) is 8.36. The number of primary amides is 1. The average molecular weight is 321 g/mol. The number of nitrogens with zero attached hydrogens (tertiary/aromatic N) is 2. The number of nitrogens with two attached hydrogens (primary N) is 1. The number of piperidine rings is 1. The molecule has 1 fully saturated rings. The predicted molar refractivity (Wildman–Crippen MR) is 94.4 cm³/mol. The van der Waals surface area contributed by atoms with Crippen LogP contribution in [-0.4, -0.2) is 28.8 Å². The van der Waals surface area contributed by atoms with Gasteiger partial charge in [0.1, 0.15) is 5.52 Å². The second-order valence-electron chi connectivity index (χ2n) is 6.11. The van der Waals surface area contributed by atoms with Crippen molar-refractivity contribution in [3.05, 3.63) is 59.8 Å². The van der Waals surface area contributed by atoms with Crippen molar-refractivity contribution in [3.63, 3.8) is 0 Å². The summed E-state index contributed by atoms with van der Waals surface area (Å²) in [6.45, 7) is 1.67. The van der Waals surface area contributed by atoms with E-state index in [2.05, 4.69) is 10.4 Å². The van der Waals surface area contributed by atoms with Gasteiger partial charge >= 0.3 is 0 Å². The molecule has 4 rings (SSSR count). The van der Waals surface area contributed by atoms with Crippen LogP contribution in [0.25, 0.3) is 16.6 Å². The fourth-order valence-corrected chi connectivity index (χ4v) is 3.23. The largest absolute Gasteiger partial charge is 0.366 e. The topological polar surface area (TPSA) is 72.9 Å². The first-order valence-corrected chi connectivity index (χ1v) is 8.17. The lowest BCUT2D eigenvalue weighted by molar-refractivity contribution is 0.100. The molecule has 5 nitrogen and oxygen atoms in total. The lowest BCUT2D eigenvalue weighted by Gasteiger charge is -2.23. The normalized spacial score (nSPS) is 21.6. The Labute approximate surface area is 141 Å². The van der Waals surface area contributed by atoms with Gasteiger partial charge in [0.15, 0.2) is 0 Å². The molecule has 0 spiro atoms. The molecule has 3 aromatic rings. The Kier molecular flexibility index (Phi) is 3.49. The van der Waals surface area contributed by atoms with Gasteiger partial charge in [-0.15, -0.1) is 0 Å². The Morgan fingerprint density at radius 1 is 1.29 bits per heavy atom. The molecule has 0 radical (unpaired) electrons. The van der Waals surface area contributed by atoms with Crippen LogP contribution in [-0.2, 0) is 0 Å². The number of nitrogens with one attached hydrogen (secondary N) is 1. The van der Waals surface area contributed by atoms with E-state index in [1.165, 1.54) is 0 Å². The first-order chi connectivity index (χ1) is 12.1. The lowest BCUT2D eigenvalue weighted by Crippen LogP contribution is -2.28. The number of amides is 1. The van der Waals surface area contributed by atoms with Gasteiger partial charge < -0.3 is 11.1 Å². The molecule has 24 heavy (non-hydrogen) atoms. The van der Waals surface area contributed by atoms with Gasteiger partial charge in [0.2, 0.25) is 0 Å². The third-order valence-electron chi connectivity index (χ3n) is 4.51. The van der Waals surface area contributed by atoms with Crippen LogP contribution in [0.1, 0.15) is 36.0 Å². The number of benzene rings is 2. The molecule has 0 aliphatic carbocycles. The number of fused-ring (bicyclic) bond motifs is 1. The van der Waals surface area contributed by atoms with Gasteiger partial charge in [-0.2, -0.15) is 5.10 Å². The Morgan fingerprint density at radius 3 is 2.83 bits per heavy atom. The fourth-order valence-electron chi connectivity index (χ4n) is 3.23. The molecular formula is C19H20N4O. The van der Waals surface area contributed by atoms with Gasteiger partial charge in [-0.05, 0) is 49.0 Å². The molecule has 5 heteroatoms. The van der Waals surface area contributed by atoms with Crippen LogP contribution in [0.3, 0.4) is 0 Å². The van der Waals surface area contributed by atoms with Gasteiger partial charge in [0, 0.05) is 19.5 Å². The van der Waals surface area contributed by atoms with E-state index in [1.54, 1.807) is 16.8 Å². The Hall–Kier alpha value is -2.66. The quantitative estimate of drug-likeness (QED) is 0.779. The lowest BCUT2D eigenvalue weighted by atomic mass is 9.92. The van der Waals surface area contributed by atoms with Crippen LogP contribution in [0, 0.1) is 0 Å².